The summed E-state index contributed by atoms with van der Waals surface area (Å²) in [6.07, 6.45) is -9.94. The van der Waals surface area contributed by atoms with E-state index in [0.717, 1.165) is 0 Å². The zero-order valence-corrected chi connectivity index (χ0v) is 11.7. The van der Waals surface area contributed by atoms with Gasteiger partial charge in [-0.1, -0.05) is 0 Å². The van der Waals surface area contributed by atoms with Crippen molar-refractivity contribution < 1.29 is 46.0 Å². The Balaban J connectivity index is 2.12. The van der Waals surface area contributed by atoms with E-state index in [9.17, 15) is 24.9 Å². The third-order valence-electron chi connectivity index (χ3n) is 3.29. The lowest BCUT2D eigenvalue weighted by Gasteiger charge is -2.38. The molecule has 2 heterocycles. The molecule has 1 aromatic heterocycles. The number of aliphatic carboxylic acids is 1. The monoisotopic (exact) mass is 343 g/mol. The second kappa shape index (κ2) is 6.21. The van der Waals surface area contributed by atoms with E-state index >= 15 is 0 Å². The molecule has 1 aromatic carbocycles. The lowest BCUT2D eigenvalue weighted by atomic mass is 9.99. The minimum Gasteiger partial charge on any atom is -0.479 e. The van der Waals surface area contributed by atoms with Gasteiger partial charge in [-0.3, -0.25) is 0 Å². The minimum absolute atomic E-state index is 0.457. The third-order valence-corrected chi connectivity index (χ3v) is 3.29. The molecular formula is C15H14O9. The summed E-state index contributed by atoms with van der Waals surface area (Å²) in [5.74, 6) is -2.44. The van der Waals surface area contributed by atoms with Crippen LogP contribution in [0.3, 0.4) is 0 Å². The number of carboxylic acid groups (broad SMARTS) is 1. The van der Waals surface area contributed by atoms with Crippen LogP contribution in [0.2, 0.25) is 0 Å². The van der Waals surface area contributed by atoms with Gasteiger partial charge in [-0.15, -0.1) is 0 Å². The number of carbonyl (C=O) groups is 1. The van der Waals surface area contributed by atoms with Crippen LogP contribution in [0, 0.1) is 0 Å². The van der Waals surface area contributed by atoms with Crippen molar-refractivity contribution in [1.29, 1.82) is 0 Å². The van der Waals surface area contributed by atoms with Crippen molar-refractivity contribution in [3.63, 3.8) is 0 Å². The number of carboxylic acids is 1. The lowest BCUT2D eigenvalue weighted by molar-refractivity contribution is -0.271. The summed E-state index contributed by atoms with van der Waals surface area (Å²) in [5, 5.41) is 38.1. The Morgan fingerprint density at radius 3 is 2.54 bits per heavy atom. The fraction of sp³-hybridized carbons (Fsp3) is 0.333. The van der Waals surface area contributed by atoms with E-state index in [4.69, 9.17) is 25.9 Å². The first-order valence-corrected chi connectivity index (χ1v) is 6.60. The molecule has 2 unspecified atom stereocenters. The highest BCUT2D eigenvalue weighted by Crippen LogP contribution is 2.26. The van der Waals surface area contributed by atoms with Crippen LogP contribution in [0.4, 0.5) is 0 Å². The van der Waals surface area contributed by atoms with Gasteiger partial charge in [0.1, 0.15) is 29.6 Å². The fourth-order valence-corrected chi connectivity index (χ4v) is 2.09. The summed E-state index contributed by atoms with van der Waals surface area (Å²) in [7, 11) is 0. The molecule has 0 bridgehead atoms. The van der Waals surface area contributed by atoms with Gasteiger partial charge < -0.3 is 34.3 Å². The van der Waals surface area contributed by atoms with Gasteiger partial charge in [0, 0.05) is 17.5 Å². The summed E-state index contributed by atoms with van der Waals surface area (Å²) >= 11 is 0. The van der Waals surface area contributed by atoms with E-state index in [0.29, 0.717) is 0 Å². The Kier molecular flexibility index (Phi) is 2.89. The van der Waals surface area contributed by atoms with Crippen molar-refractivity contribution in [2.45, 2.75) is 30.7 Å². The standard InChI is InChI=1S/C15H14O9/c16-9-4-2-6-1-3-7(5-8(6)23-9)22-15-12(19)10(17)11(18)13(24-15)14(20)21/h1-5,10-13,15,17-19H,(H,20,21)/t10-,11+,12?,13?,15-/m1/s1/i1D,2D,3D,4D,5D. The van der Waals surface area contributed by atoms with Crippen LogP contribution in [-0.4, -0.2) is 57.1 Å². The predicted octanol–water partition coefficient (Wildman–Crippen LogP) is -0.936. The summed E-state index contributed by atoms with van der Waals surface area (Å²) < 4.78 is 54.1. The molecule has 2 aromatic rings. The summed E-state index contributed by atoms with van der Waals surface area (Å²) in [6.45, 7) is 0. The van der Waals surface area contributed by atoms with E-state index < -0.39 is 89.2 Å². The van der Waals surface area contributed by atoms with Crippen LogP contribution in [0.15, 0.2) is 39.4 Å². The zero-order chi connectivity index (χ0) is 21.8. The Bertz CT molecular complexity index is 1060. The molecule has 0 amide bonds. The molecule has 128 valence electrons. The van der Waals surface area contributed by atoms with Crippen molar-refractivity contribution in [2.75, 3.05) is 0 Å². The van der Waals surface area contributed by atoms with E-state index in [1.165, 1.54) is 0 Å². The number of fused-ring (bicyclic) bond motifs is 1. The largest absolute Gasteiger partial charge is 0.479 e. The topological polar surface area (TPSA) is 147 Å². The summed E-state index contributed by atoms with van der Waals surface area (Å²) in [5.41, 5.74) is -1.90. The molecule has 4 N–H and O–H groups in total. The van der Waals surface area contributed by atoms with Crippen molar-refractivity contribution >= 4 is 16.9 Å². The smallest absolute Gasteiger partial charge is 0.336 e. The molecule has 1 fully saturated rings. The van der Waals surface area contributed by atoms with Crippen molar-refractivity contribution in [3.05, 3.63) is 40.6 Å². The molecular weight excluding hydrogens is 324 g/mol. The normalized spacial score (nSPS) is 33.1. The maximum atomic E-state index is 11.7. The first-order chi connectivity index (χ1) is 13.5. The van der Waals surface area contributed by atoms with Crippen LogP contribution in [0.5, 0.6) is 5.75 Å². The van der Waals surface area contributed by atoms with Gasteiger partial charge in [-0.25, -0.2) is 9.59 Å². The Morgan fingerprint density at radius 2 is 1.83 bits per heavy atom. The second-order valence-corrected chi connectivity index (χ2v) is 4.90. The molecule has 5 atom stereocenters. The molecule has 9 heteroatoms. The SMILES string of the molecule is [2H]c1c(O[C@@H]2OC(C(=O)O)[C@@H](O)[C@@H](O)C2O)c([2H])c2oc(=O)c([2H])c([2H])c2c1[2H]. The Morgan fingerprint density at radius 1 is 1.12 bits per heavy atom. The quantitative estimate of drug-likeness (QED) is 0.519. The molecule has 9 nitrogen and oxygen atoms in total. The summed E-state index contributed by atoms with van der Waals surface area (Å²) in [6, 6.07) is -3.92. The zero-order valence-electron chi connectivity index (χ0n) is 16.7. The number of aliphatic hydroxyl groups excluding tert-OH is 3. The third kappa shape index (κ3) is 2.97. The van der Waals surface area contributed by atoms with Gasteiger partial charge in [0.2, 0.25) is 6.29 Å². The molecule has 1 aliphatic rings. The number of benzene rings is 1. The maximum absolute atomic E-state index is 11.7. The second-order valence-electron chi connectivity index (χ2n) is 4.90. The first kappa shape index (κ1) is 11.2. The van der Waals surface area contributed by atoms with E-state index in [1.807, 2.05) is 0 Å². The van der Waals surface area contributed by atoms with E-state index in [2.05, 4.69) is 0 Å². The molecule has 0 saturated carbocycles. The average molecular weight is 343 g/mol. The van der Waals surface area contributed by atoms with Crippen molar-refractivity contribution in [3.8, 4) is 5.75 Å². The first-order valence-electron chi connectivity index (χ1n) is 9.10. The van der Waals surface area contributed by atoms with Crippen LogP contribution < -0.4 is 10.4 Å². The Hall–Kier alpha value is -2.46. The van der Waals surface area contributed by atoms with Gasteiger partial charge in [0.25, 0.3) is 0 Å². The molecule has 0 radical (unpaired) electrons. The predicted molar refractivity (Wildman–Crippen MR) is 77.4 cm³/mol. The van der Waals surface area contributed by atoms with Crippen LogP contribution in [0.25, 0.3) is 11.0 Å². The highest BCUT2D eigenvalue weighted by atomic mass is 16.7. The number of aliphatic hydroxyl groups is 3. The van der Waals surface area contributed by atoms with Crippen LogP contribution in [0.1, 0.15) is 6.85 Å². The molecule has 3 rings (SSSR count). The molecule has 0 aliphatic carbocycles. The summed E-state index contributed by atoms with van der Waals surface area (Å²) in [4.78, 5) is 22.8. The highest BCUT2D eigenvalue weighted by molar-refractivity contribution is 5.77. The van der Waals surface area contributed by atoms with Gasteiger partial charge in [0.15, 0.2) is 6.10 Å². The number of hydrogen-bond acceptors (Lipinski definition) is 8. The van der Waals surface area contributed by atoms with Gasteiger partial charge in [-0.2, -0.15) is 0 Å². The van der Waals surface area contributed by atoms with Crippen molar-refractivity contribution in [1.82, 2.24) is 0 Å². The van der Waals surface area contributed by atoms with Crippen LogP contribution in [-0.2, 0) is 9.53 Å². The fourth-order valence-electron chi connectivity index (χ4n) is 2.09. The van der Waals surface area contributed by atoms with Gasteiger partial charge >= 0.3 is 11.6 Å². The van der Waals surface area contributed by atoms with Gasteiger partial charge in [0.05, 0.1) is 6.85 Å². The molecule has 0 spiro atoms. The molecule has 1 aliphatic heterocycles. The average Bonchev–Trinajstić information content (AvgIpc) is 2.66. The van der Waals surface area contributed by atoms with Crippen molar-refractivity contribution in [2.24, 2.45) is 0 Å². The number of rotatable bonds is 3. The van der Waals surface area contributed by atoms with Gasteiger partial charge in [-0.05, 0) is 18.1 Å². The van der Waals surface area contributed by atoms with Crippen LogP contribution >= 0.6 is 0 Å². The minimum atomic E-state index is -2.00. The number of ether oxygens (including phenoxy) is 2. The van der Waals surface area contributed by atoms with E-state index in [-0.39, 0.29) is 0 Å². The Labute approximate surface area is 141 Å². The molecule has 24 heavy (non-hydrogen) atoms. The highest BCUT2D eigenvalue weighted by Gasteiger charge is 2.48. The lowest BCUT2D eigenvalue weighted by Crippen LogP contribution is -2.61. The van der Waals surface area contributed by atoms with E-state index in [1.54, 1.807) is 0 Å². The number of hydrogen-bond donors (Lipinski definition) is 4. The molecule has 1 saturated heterocycles. The maximum Gasteiger partial charge on any atom is 0.336 e.